The minimum atomic E-state index is -0.475. The summed E-state index contributed by atoms with van der Waals surface area (Å²) in [6.45, 7) is 4.17. The third kappa shape index (κ3) is 4.09. The Morgan fingerprint density at radius 2 is 1.83 bits per heavy atom. The van der Waals surface area contributed by atoms with Crippen molar-refractivity contribution in [1.29, 1.82) is 0 Å². The SMILES string of the molecule is NC(=NCCC1(O)CCC1)N1CCN(c2ccc(Cl)cc2)CC1. The van der Waals surface area contributed by atoms with Crippen molar-refractivity contribution >= 4 is 23.2 Å². The first kappa shape index (κ1) is 16.4. The van der Waals surface area contributed by atoms with E-state index in [-0.39, 0.29) is 0 Å². The number of rotatable bonds is 4. The summed E-state index contributed by atoms with van der Waals surface area (Å²) < 4.78 is 0. The first-order valence-corrected chi connectivity index (χ1v) is 8.71. The number of guanidine groups is 1. The molecule has 0 unspecified atom stereocenters. The number of piperazine rings is 1. The van der Waals surface area contributed by atoms with E-state index in [1.165, 1.54) is 5.69 Å². The number of benzene rings is 1. The van der Waals surface area contributed by atoms with E-state index >= 15 is 0 Å². The number of hydrogen-bond acceptors (Lipinski definition) is 3. The summed E-state index contributed by atoms with van der Waals surface area (Å²) in [4.78, 5) is 8.90. The van der Waals surface area contributed by atoms with E-state index in [9.17, 15) is 5.11 Å². The molecule has 2 fully saturated rings. The summed E-state index contributed by atoms with van der Waals surface area (Å²) in [5.41, 5.74) is 6.82. The molecule has 0 bridgehead atoms. The standard InChI is InChI=1S/C17H25ClN4O/c18-14-2-4-15(5-3-14)21-10-12-22(13-11-21)16(19)20-9-8-17(23)6-1-7-17/h2-5,23H,1,6-13H2,(H2,19,20). The van der Waals surface area contributed by atoms with Crippen LogP contribution in [0.25, 0.3) is 0 Å². The van der Waals surface area contributed by atoms with Gasteiger partial charge in [0.2, 0.25) is 0 Å². The molecule has 0 radical (unpaired) electrons. The molecule has 0 amide bonds. The maximum Gasteiger partial charge on any atom is 0.191 e. The van der Waals surface area contributed by atoms with E-state index in [1.807, 2.05) is 12.1 Å². The van der Waals surface area contributed by atoms with Crippen LogP contribution in [0.2, 0.25) is 5.02 Å². The summed E-state index contributed by atoms with van der Waals surface area (Å²) in [6.07, 6.45) is 3.66. The molecular weight excluding hydrogens is 312 g/mol. The van der Waals surface area contributed by atoms with Crippen LogP contribution in [0.3, 0.4) is 0 Å². The zero-order valence-corrected chi connectivity index (χ0v) is 14.2. The Kier molecular flexibility index (Phi) is 4.97. The smallest absolute Gasteiger partial charge is 0.191 e. The molecule has 2 aliphatic rings. The lowest BCUT2D eigenvalue weighted by Gasteiger charge is -2.37. The van der Waals surface area contributed by atoms with Crippen molar-refractivity contribution in [2.45, 2.75) is 31.3 Å². The van der Waals surface area contributed by atoms with Crippen molar-refractivity contribution in [1.82, 2.24) is 4.90 Å². The number of aliphatic hydroxyl groups is 1. The summed E-state index contributed by atoms with van der Waals surface area (Å²) in [5.74, 6) is 0.601. The normalized spacial score (nSPS) is 21.2. The fourth-order valence-electron chi connectivity index (χ4n) is 3.16. The van der Waals surface area contributed by atoms with Gasteiger partial charge in [0.05, 0.1) is 5.60 Å². The predicted octanol–water partition coefficient (Wildman–Crippen LogP) is 2.08. The molecule has 1 aliphatic carbocycles. The number of nitrogens with two attached hydrogens (primary N) is 1. The van der Waals surface area contributed by atoms with Gasteiger partial charge in [0.25, 0.3) is 0 Å². The zero-order valence-electron chi connectivity index (χ0n) is 13.4. The lowest BCUT2D eigenvalue weighted by Crippen LogP contribution is -2.51. The summed E-state index contributed by atoms with van der Waals surface area (Å²) >= 11 is 5.93. The summed E-state index contributed by atoms with van der Waals surface area (Å²) in [5, 5.41) is 10.8. The van der Waals surface area contributed by atoms with Gasteiger partial charge in [-0.05, 0) is 49.9 Å². The van der Waals surface area contributed by atoms with E-state index in [0.29, 0.717) is 12.5 Å². The third-order valence-electron chi connectivity index (χ3n) is 4.93. The molecule has 1 heterocycles. The van der Waals surface area contributed by atoms with E-state index in [1.54, 1.807) is 0 Å². The fraction of sp³-hybridized carbons (Fsp3) is 0.588. The Morgan fingerprint density at radius 1 is 1.17 bits per heavy atom. The highest BCUT2D eigenvalue weighted by atomic mass is 35.5. The minimum Gasteiger partial charge on any atom is -0.390 e. The summed E-state index contributed by atoms with van der Waals surface area (Å²) in [7, 11) is 0. The molecule has 1 saturated carbocycles. The first-order chi connectivity index (χ1) is 11.1. The Morgan fingerprint density at radius 3 is 2.39 bits per heavy atom. The maximum absolute atomic E-state index is 10.1. The van der Waals surface area contributed by atoms with Gasteiger partial charge in [-0.15, -0.1) is 0 Å². The Labute approximate surface area is 142 Å². The van der Waals surface area contributed by atoms with Crippen molar-refractivity contribution in [3.63, 3.8) is 0 Å². The quantitative estimate of drug-likeness (QED) is 0.652. The number of nitrogens with zero attached hydrogens (tertiary/aromatic N) is 3. The van der Waals surface area contributed by atoms with Gasteiger partial charge >= 0.3 is 0 Å². The van der Waals surface area contributed by atoms with Gasteiger partial charge in [0.1, 0.15) is 0 Å². The second-order valence-corrected chi connectivity index (χ2v) is 6.95. The molecule has 0 aromatic heterocycles. The molecule has 1 aliphatic heterocycles. The number of hydrogen-bond donors (Lipinski definition) is 2. The largest absolute Gasteiger partial charge is 0.390 e. The van der Waals surface area contributed by atoms with E-state index in [4.69, 9.17) is 17.3 Å². The molecule has 23 heavy (non-hydrogen) atoms. The molecule has 1 aromatic carbocycles. The van der Waals surface area contributed by atoms with E-state index < -0.39 is 5.60 Å². The third-order valence-corrected chi connectivity index (χ3v) is 5.18. The molecule has 1 aromatic rings. The van der Waals surface area contributed by atoms with Gasteiger partial charge in [0.15, 0.2) is 5.96 Å². The topological polar surface area (TPSA) is 65.1 Å². The number of aliphatic imine (C=N–C) groups is 1. The lowest BCUT2D eigenvalue weighted by atomic mass is 9.78. The molecular formula is C17H25ClN4O. The molecule has 0 atom stereocenters. The highest BCUT2D eigenvalue weighted by Gasteiger charge is 2.33. The van der Waals surface area contributed by atoms with Gasteiger partial charge in [-0.25, -0.2) is 0 Å². The van der Waals surface area contributed by atoms with Crippen LogP contribution in [0.4, 0.5) is 5.69 Å². The Hall–Kier alpha value is -1.46. The maximum atomic E-state index is 10.1. The lowest BCUT2D eigenvalue weighted by molar-refractivity contribution is -0.0378. The molecule has 126 valence electrons. The van der Waals surface area contributed by atoms with Crippen molar-refractivity contribution < 1.29 is 5.11 Å². The van der Waals surface area contributed by atoms with Gasteiger partial charge in [-0.3, -0.25) is 4.99 Å². The second kappa shape index (κ2) is 6.97. The van der Waals surface area contributed by atoms with Gasteiger partial charge < -0.3 is 20.6 Å². The molecule has 3 N–H and O–H groups in total. The fourth-order valence-corrected chi connectivity index (χ4v) is 3.29. The molecule has 5 nitrogen and oxygen atoms in total. The zero-order chi connectivity index (χ0) is 16.3. The Balaban J connectivity index is 1.47. The molecule has 0 spiro atoms. The molecule has 3 rings (SSSR count). The first-order valence-electron chi connectivity index (χ1n) is 8.34. The monoisotopic (exact) mass is 336 g/mol. The minimum absolute atomic E-state index is 0.475. The number of halogens is 1. The molecule has 6 heteroatoms. The van der Waals surface area contributed by atoms with Gasteiger partial charge in [0, 0.05) is 43.4 Å². The van der Waals surface area contributed by atoms with E-state index in [2.05, 4.69) is 26.9 Å². The number of anilines is 1. The Bertz CT molecular complexity index is 548. The van der Waals surface area contributed by atoms with Gasteiger partial charge in [-0.1, -0.05) is 11.6 Å². The van der Waals surface area contributed by atoms with Crippen LogP contribution in [-0.2, 0) is 0 Å². The van der Waals surface area contributed by atoms with Crippen molar-refractivity contribution in [2.24, 2.45) is 10.7 Å². The van der Waals surface area contributed by atoms with Crippen LogP contribution < -0.4 is 10.6 Å². The highest BCUT2D eigenvalue weighted by Crippen LogP contribution is 2.34. The van der Waals surface area contributed by atoms with Crippen molar-refractivity contribution in [2.75, 3.05) is 37.6 Å². The van der Waals surface area contributed by atoms with Crippen molar-refractivity contribution in [3.8, 4) is 0 Å². The van der Waals surface area contributed by atoms with Crippen LogP contribution in [0.5, 0.6) is 0 Å². The highest BCUT2D eigenvalue weighted by molar-refractivity contribution is 6.30. The average Bonchev–Trinajstić information content (AvgIpc) is 2.54. The van der Waals surface area contributed by atoms with Crippen LogP contribution in [0.15, 0.2) is 29.3 Å². The molecule has 1 saturated heterocycles. The van der Waals surface area contributed by atoms with Crippen LogP contribution in [0.1, 0.15) is 25.7 Å². The second-order valence-electron chi connectivity index (χ2n) is 6.52. The van der Waals surface area contributed by atoms with Crippen LogP contribution in [-0.4, -0.2) is 54.3 Å². The van der Waals surface area contributed by atoms with Gasteiger partial charge in [-0.2, -0.15) is 0 Å². The summed E-state index contributed by atoms with van der Waals surface area (Å²) in [6, 6.07) is 7.94. The van der Waals surface area contributed by atoms with Crippen molar-refractivity contribution in [3.05, 3.63) is 29.3 Å². The predicted molar refractivity (Wildman–Crippen MR) is 95.1 cm³/mol. The van der Waals surface area contributed by atoms with E-state index in [0.717, 1.165) is 56.9 Å². The van der Waals surface area contributed by atoms with Crippen LogP contribution >= 0.6 is 11.6 Å². The average molecular weight is 337 g/mol. The van der Waals surface area contributed by atoms with Crippen LogP contribution in [0, 0.1) is 0 Å².